The molecule has 0 aliphatic carbocycles. The lowest BCUT2D eigenvalue weighted by Gasteiger charge is -1.99. The number of allylic oxidation sites excluding steroid dienone is 1. The van der Waals surface area contributed by atoms with Crippen molar-refractivity contribution >= 4 is 23.2 Å². The number of Topliss-reactive ketones (excluding diaryl/α,β-unsaturated/α-hetero) is 1. The van der Waals surface area contributed by atoms with Crippen LogP contribution < -0.4 is 4.74 Å². The van der Waals surface area contributed by atoms with Crippen LogP contribution >= 0.6 is 11.3 Å². The van der Waals surface area contributed by atoms with Gasteiger partial charge in [0.05, 0.1) is 16.1 Å². The van der Waals surface area contributed by atoms with E-state index in [0.717, 1.165) is 21.8 Å². The fourth-order valence-corrected chi connectivity index (χ4v) is 3.82. The predicted octanol–water partition coefficient (Wildman–Crippen LogP) is 5.22. The number of benzene rings is 2. The number of ketones is 1. The third kappa shape index (κ3) is 2.78. The molecule has 0 fully saturated rings. The average Bonchev–Trinajstić information content (AvgIpc) is 3.43. The molecule has 5 heteroatoms. The molecule has 0 N–H and O–H groups in total. The fourth-order valence-electron chi connectivity index (χ4n) is 3.09. The first-order valence-electron chi connectivity index (χ1n) is 8.52. The Morgan fingerprint density at radius 2 is 1.78 bits per heavy atom. The molecule has 2 aromatic heterocycles. The van der Waals surface area contributed by atoms with Crippen molar-refractivity contribution in [1.82, 2.24) is 9.78 Å². The molecular formula is C22H14N2O2S. The van der Waals surface area contributed by atoms with Crippen LogP contribution in [0.4, 0.5) is 0 Å². The van der Waals surface area contributed by atoms with Crippen LogP contribution in [0.25, 0.3) is 22.3 Å². The van der Waals surface area contributed by atoms with Crippen LogP contribution in [0.5, 0.6) is 5.75 Å². The Morgan fingerprint density at radius 3 is 2.56 bits per heavy atom. The number of hydrogen-bond donors (Lipinski definition) is 0. The van der Waals surface area contributed by atoms with Gasteiger partial charge >= 0.3 is 0 Å². The molecule has 4 nitrogen and oxygen atoms in total. The second-order valence-corrected chi connectivity index (χ2v) is 7.07. The summed E-state index contributed by atoms with van der Waals surface area (Å²) in [5, 5.41) is 6.77. The molecule has 0 amide bonds. The normalized spacial score (nSPS) is 14.4. The highest BCUT2D eigenvalue weighted by atomic mass is 32.1. The smallest absolute Gasteiger partial charge is 0.231 e. The van der Waals surface area contributed by atoms with Crippen molar-refractivity contribution in [2.24, 2.45) is 0 Å². The first-order valence-corrected chi connectivity index (χ1v) is 9.40. The molecule has 0 radical (unpaired) electrons. The Hall–Kier alpha value is -3.44. The minimum absolute atomic E-state index is 0.102. The van der Waals surface area contributed by atoms with Gasteiger partial charge in [0, 0.05) is 11.8 Å². The SMILES string of the molecule is O=C1/C(=C/c2cn(-c3ccccc3)nc2-c2cccs2)Oc2ccccc21. The summed E-state index contributed by atoms with van der Waals surface area (Å²) in [6.45, 7) is 0. The van der Waals surface area contributed by atoms with Crippen molar-refractivity contribution < 1.29 is 9.53 Å². The average molecular weight is 370 g/mol. The minimum atomic E-state index is -0.102. The standard InChI is InChI=1S/C22H14N2O2S/c25-22-17-9-4-5-10-18(17)26-19(22)13-15-14-24(16-7-2-1-3-8-16)23-21(15)20-11-6-12-27-20/h1-14H/b19-13-. The lowest BCUT2D eigenvalue weighted by atomic mass is 10.1. The molecule has 4 aromatic rings. The summed E-state index contributed by atoms with van der Waals surface area (Å²) in [4.78, 5) is 13.7. The first-order chi connectivity index (χ1) is 13.3. The van der Waals surface area contributed by atoms with Crippen molar-refractivity contribution in [2.45, 2.75) is 0 Å². The van der Waals surface area contributed by atoms with Gasteiger partial charge in [-0.3, -0.25) is 4.79 Å². The van der Waals surface area contributed by atoms with Gasteiger partial charge in [-0.15, -0.1) is 11.3 Å². The first kappa shape index (κ1) is 15.8. The molecule has 2 aromatic carbocycles. The fraction of sp³-hybridized carbons (Fsp3) is 0. The third-order valence-corrected chi connectivity index (χ3v) is 5.26. The van der Waals surface area contributed by atoms with Crippen LogP contribution in [0.3, 0.4) is 0 Å². The zero-order chi connectivity index (χ0) is 18.2. The van der Waals surface area contributed by atoms with Gasteiger partial charge in [0.1, 0.15) is 11.4 Å². The van der Waals surface area contributed by atoms with Gasteiger partial charge in [0.25, 0.3) is 0 Å². The molecule has 1 aliphatic heterocycles. The highest BCUT2D eigenvalue weighted by molar-refractivity contribution is 7.13. The molecule has 1 aliphatic rings. The topological polar surface area (TPSA) is 44.1 Å². The lowest BCUT2D eigenvalue weighted by Crippen LogP contribution is -1.98. The molecule has 3 heterocycles. The zero-order valence-corrected chi connectivity index (χ0v) is 15.0. The third-order valence-electron chi connectivity index (χ3n) is 4.38. The number of aromatic nitrogens is 2. The van der Waals surface area contributed by atoms with E-state index in [1.54, 1.807) is 23.5 Å². The number of thiophene rings is 1. The van der Waals surface area contributed by atoms with Crippen LogP contribution in [-0.4, -0.2) is 15.6 Å². The van der Waals surface area contributed by atoms with Crippen molar-refractivity contribution in [2.75, 3.05) is 0 Å². The second-order valence-electron chi connectivity index (χ2n) is 6.13. The van der Waals surface area contributed by atoms with Crippen molar-refractivity contribution in [3.63, 3.8) is 0 Å². The number of ether oxygens (including phenoxy) is 1. The summed E-state index contributed by atoms with van der Waals surface area (Å²) in [6, 6.07) is 21.2. The van der Waals surface area contributed by atoms with Crippen LogP contribution in [-0.2, 0) is 0 Å². The number of carbonyl (C=O) groups excluding carboxylic acids is 1. The van der Waals surface area contributed by atoms with E-state index in [0.29, 0.717) is 17.1 Å². The Kier molecular flexibility index (Phi) is 3.73. The summed E-state index contributed by atoms with van der Waals surface area (Å²) < 4.78 is 7.62. The maximum Gasteiger partial charge on any atom is 0.231 e. The van der Waals surface area contributed by atoms with E-state index in [4.69, 9.17) is 9.84 Å². The number of carbonyl (C=O) groups is 1. The predicted molar refractivity (Wildman–Crippen MR) is 106 cm³/mol. The highest BCUT2D eigenvalue weighted by Crippen LogP contribution is 2.34. The van der Waals surface area contributed by atoms with Gasteiger partial charge in [-0.2, -0.15) is 5.10 Å². The molecule has 0 saturated carbocycles. The van der Waals surface area contributed by atoms with Gasteiger partial charge in [-0.1, -0.05) is 36.4 Å². The number of nitrogens with zero attached hydrogens (tertiary/aromatic N) is 2. The summed E-state index contributed by atoms with van der Waals surface area (Å²) in [6.07, 6.45) is 3.71. The van der Waals surface area contributed by atoms with E-state index in [1.165, 1.54) is 0 Å². The van der Waals surface area contributed by atoms with Gasteiger partial charge < -0.3 is 4.74 Å². The van der Waals surface area contributed by atoms with Crippen molar-refractivity contribution in [1.29, 1.82) is 0 Å². The monoisotopic (exact) mass is 370 g/mol. The maximum atomic E-state index is 12.7. The Bertz CT molecular complexity index is 1160. The summed E-state index contributed by atoms with van der Waals surface area (Å²) in [5.41, 5.74) is 3.23. The van der Waals surface area contributed by atoms with E-state index < -0.39 is 0 Å². The molecule has 27 heavy (non-hydrogen) atoms. The highest BCUT2D eigenvalue weighted by Gasteiger charge is 2.27. The molecule has 0 saturated heterocycles. The molecule has 130 valence electrons. The van der Waals surface area contributed by atoms with E-state index in [2.05, 4.69) is 0 Å². The van der Waals surface area contributed by atoms with Crippen LogP contribution in [0, 0.1) is 0 Å². The molecule has 0 atom stereocenters. The maximum absolute atomic E-state index is 12.7. The number of fused-ring (bicyclic) bond motifs is 1. The summed E-state index contributed by atoms with van der Waals surface area (Å²) in [5.74, 6) is 0.818. The molecular weight excluding hydrogens is 356 g/mol. The molecule has 0 bridgehead atoms. The van der Waals surface area contributed by atoms with E-state index >= 15 is 0 Å². The van der Waals surface area contributed by atoms with E-state index in [1.807, 2.05) is 76.9 Å². The Balaban J connectivity index is 1.62. The summed E-state index contributed by atoms with van der Waals surface area (Å²) in [7, 11) is 0. The van der Waals surface area contributed by atoms with Crippen molar-refractivity contribution in [3.05, 3.63) is 95.2 Å². The zero-order valence-electron chi connectivity index (χ0n) is 14.2. The second kappa shape index (κ2) is 6.37. The van der Waals surface area contributed by atoms with Crippen LogP contribution in [0.1, 0.15) is 15.9 Å². The van der Waals surface area contributed by atoms with E-state index in [-0.39, 0.29) is 5.78 Å². The number of para-hydroxylation sites is 2. The van der Waals surface area contributed by atoms with Gasteiger partial charge in [-0.05, 0) is 41.8 Å². The van der Waals surface area contributed by atoms with Crippen LogP contribution in [0.15, 0.2) is 84.1 Å². The van der Waals surface area contributed by atoms with Gasteiger partial charge in [-0.25, -0.2) is 4.68 Å². The number of hydrogen-bond acceptors (Lipinski definition) is 4. The Labute approximate surface area is 160 Å². The van der Waals surface area contributed by atoms with Gasteiger partial charge in [0.15, 0.2) is 5.76 Å². The van der Waals surface area contributed by atoms with Gasteiger partial charge in [0.2, 0.25) is 5.78 Å². The minimum Gasteiger partial charge on any atom is -0.452 e. The largest absolute Gasteiger partial charge is 0.452 e. The molecule has 0 unspecified atom stereocenters. The number of rotatable bonds is 3. The molecule has 0 spiro atoms. The van der Waals surface area contributed by atoms with Crippen molar-refractivity contribution in [3.8, 4) is 22.0 Å². The molecule has 5 rings (SSSR count). The van der Waals surface area contributed by atoms with E-state index in [9.17, 15) is 4.79 Å². The summed E-state index contributed by atoms with van der Waals surface area (Å²) >= 11 is 1.61. The van der Waals surface area contributed by atoms with Crippen LogP contribution in [0.2, 0.25) is 0 Å². The Morgan fingerprint density at radius 1 is 0.963 bits per heavy atom. The quantitative estimate of drug-likeness (QED) is 0.465. The lowest BCUT2D eigenvalue weighted by molar-refractivity contribution is 0.101.